The summed E-state index contributed by atoms with van der Waals surface area (Å²) in [5, 5.41) is 0.778. The highest BCUT2D eigenvalue weighted by Crippen LogP contribution is 2.42. The molecule has 0 bridgehead atoms. The molecule has 2 aromatic heterocycles. The number of benzene rings is 1. The van der Waals surface area contributed by atoms with E-state index in [9.17, 15) is 9.59 Å². The highest BCUT2D eigenvalue weighted by molar-refractivity contribution is 7.18. The number of anilines is 1. The van der Waals surface area contributed by atoms with Gasteiger partial charge in [-0.05, 0) is 67.2 Å². The number of aromatic nitrogens is 2. The lowest BCUT2D eigenvalue weighted by atomic mass is 9.72. The van der Waals surface area contributed by atoms with Crippen LogP contribution < -0.4 is 10.5 Å². The van der Waals surface area contributed by atoms with Crippen molar-refractivity contribution >= 4 is 33.1 Å². The predicted molar refractivity (Wildman–Crippen MR) is 148 cm³/mol. The Hall–Kier alpha value is -2.67. The van der Waals surface area contributed by atoms with E-state index in [1.807, 2.05) is 4.90 Å². The van der Waals surface area contributed by atoms with Crippen molar-refractivity contribution in [2.75, 3.05) is 31.1 Å². The van der Waals surface area contributed by atoms with E-state index < -0.39 is 0 Å². The van der Waals surface area contributed by atoms with Crippen LogP contribution in [-0.4, -0.2) is 47.0 Å². The molecule has 36 heavy (non-hydrogen) atoms. The third-order valence-corrected chi connectivity index (χ3v) is 9.25. The molecule has 7 heteroatoms. The number of hydrogen-bond donors (Lipinski definition) is 1. The molecular weight excluding hydrogens is 468 g/mol. The third kappa shape index (κ3) is 4.95. The van der Waals surface area contributed by atoms with Crippen molar-refractivity contribution in [3.05, 3.63) is 55.9 Å². The van der Waals surface area contributed by atoms with Gasteiger partial charge < -0.3 is 14.8 Å². The summed E-state index contributed by atoms with van der Waals surface area (Å²) in [6.07, 6.45) is 3.94. The maximum absolute atomic E-state index is 13.0. The highest BCUT2D eigenvalue weighted by Gasteiger charge is 2.31. The van der Waals surface area contributed by atoms with Gasteiger partial charge in [0.2, 0.25) is 5.91 Å². The lowest BCUT2D eigenvalue weighted by Gasteiger charge is -2.37. The Morgan fingerprint density at radius 1 is 1.17 bits per heavy atom. The number of H-pyrrole nitrogens is 1. The Balaban J connectivity index is 1.22. The minimum Gasteiger partial charge on any atom is -0.368 e. The molecule has 3 heterocycles. The van der Waals surface area contributed by atoms with Crippen molar-refractivity contribution in [2.45, 2.75) is 66.7 Å². The molecule has 0 radical (unpaired) electrons. The first-order valence-electron chi connectivity index (χ1n) is 13.2. The molecule has 1 amide bonds. The van der Waals surface area contributed by atoms with E-state index in [2.05, 4.69) is 62.7 Å². The maximum atomic E-state index is 13.0. The molecule has 1 saturated heterocycles. The van der Waals surface area contributed by atoms with Gasteiger partial charge in [-0.1, -0.05) is 32.9 Å². The standard InChI is InChI=1S/C29H38N4O2S/c1-18-6-7-19(2)22(16-18)32-12-14-33(15-13-32)25(34)11-10-24-30-27(35)26-21-9-8-20(29(3,4)5)17-23(21)36-28(26)31-24/h6-7,16,20H,8-15,17H2,1-5H3,(H,30,31,35)/t20-/m1/s1. The summed E-state index contributed by atoms with van der Waals surface area (Å²) in [6, 6.07) is 6.54. The number of carbonyl (C=O) groups is 1. The van der Waals surface area contributed by atoms with Gasteiger partial charge in [0.15, 0.2) is 0 Å². The quantitative estimate of drug-likeness (QED) is 0.539. The van der Waals surface area contributed by atoms with Crippen molar-refractivity contribution in [3.8, 4) is 0 Å². The Bertz CT molecular complexity index is 1340. The number of aryl methyl sites for hydroxylation is 4. The number of thiophene rings is 1. The van der Waals surface area contributed by atoms with E-state index in [1.165, 1.54) is 27.3 Å². The molecule has 3 aromatic rings. The Kier molecular flexibility index (Phi) is 6.70. The van der Waals surface area contributed by atoms with Gasteiger partial charge in [0.1, 0.15) is 10.7 Å². The number of carbonyl (C=O) groups excluding carboxylic acids is 1. The summed E-state index contributed by atoms with van der Waals surface area (Å²) in [4.78, 5) is 40.2. The van der Waals surface area contributed by atoms with Crippen molar-refractivity contribution in [1.82, 2.24) is 14.9 Å². The number of rotatable bonds is 4. The zero-order valence-electron chi connectivity index (χ0n) is 22.2. The second-order valence-corrected chi connectivity index (χ2v) is 12.7. The minimum absolute atomic E-state index is 0.0451. The monoisotopic (exact) mass is 506 g/mol. The fourth-order valence-corrected chi connectivity index (χ4v) is 7.05. The number of nitrogens with zero attached hydrogens (tertiary/aromatic N) is 3. The molecule has 0 unspecified atom stereocenters. The lowest BCUT2D eigenvalue weighted by Crippen LogP contribution is -2.49. The Labute approximate surface area is 217 Å². The summed E-state index contributed by atoms with van der Waals surface area (Å²) in [5.74, 6) is 1.39. The summed E-state index contributed by atoms with van der Waals surface area (Å²) in [6.45, 7) is 14.3. The van der Waals surface area contributed by atoms with E-state index >= 15 is 0 Å². The molecule has 1 aromatic carbocycles. The van der Waals surface area contributed by atoms with Gasteiger partial charge in [-0.3, -0.25) is 9.59 Å². The largest absolute Gasteiger partial charge is 0.368 e. The van der Waals surface area contributed by atoms with Crippen LogP contribution in [0.4, 0.5) is 5.69 Å². The van der Waals surface area contributed by atoms with Crippen LogP contribution in [0.2, 0.25) is 0 Å². The second-order valence-electron chi connectivity index (χ2n) is 11.7. The third-order valence-electron chi connectivity index (χ3n) is 8.11. The Morgan fingerprint density at radius 3 is 2.64 bits per heavy atom. The summed E-state index contributed by atoms with van der Waals surface area (Å²) >= 11 is 1.68. The number of fused-ring (bicyclic) bond motifs is 3. The average Bonchev–Trinajstić information content (AvgIpc) is 3.22. The number of hydrogen-bond acceptors (Lipinski definition) is 5. The van der Waals surface area contributed by atoms with Gasteiger partial charge in [0.05, 0.1) is 5.39 Å². The number of piperazine rings is 1. The van der Waals surface area contributed by atoms with E-state index in [1.54, 1.807) is 11.3 Å². The molecule has 2 aliphatic rings. The molecule has 0 saturated carbocycles. The number of aromatic amines is 1. The van der Waals surface area contributed by atoms with Crippen LogP contribution in [0.1, 0.15) is 61.0 Å². The first kappa shape index (κ1) is 25.0. The molecule has 0 spiro atoms. The smallest absolute Gasteiger partial charge is 0.259 e. The van der Waals surface area contributed by atoms with Gasteiger partial charge in [0.25, 0.3) is 5.56 Å². The maximum Gasteiger partial charge on any atom is 0.259 e. The van der Waals surface area contributed by atoms with Crippen molar-refractivity contribution in [1.29, 1.82) is 0 Å². The molecule has 1 N–H and O–H groups in total. The summed E-state index contributed by atoms with van der Waals surface area (Å²) in [7, 11) is 0. The van der Waals surface area contributed by atoms with E-state index in [-0.39, 0.29) is 16.9 Å². The fraction of sp³-hybridized carbons (Fsp3) is 0.552. The first-order valence-corrected chi connectivity index (χ1v) is 14.0. The van der Waals surface area contributed by atoms with Crippen molar-refractivity contribution < 1.29 is 4.79 Å². The van der Waals surface area contributed by atoms with Crippen molar-refractivity contribution in [2.24, 2.45) is 11.3 Å². The zero-order valence-corrected chi connectivity index (χ0v) is 23.1. The molecular formula is C29H38N4O2S. The van der Waals surface area contributed by atoms with Gasteiger partial charge >= 0.3 is 0 Å². The average molecular weight is 507 g/mol. The van der Waals surface area contributed by atoms with Gasteiger partial charge in [-0.2, -0.15) is 0 Å². The topological polar surface area (TPSA) is 69.3 Å². The SMILES string of the molecule is Cc1ccc(C)c(N2CCN(C(=O)CCc3nc4sc5c(c4c(=O)[nH]3)CC[C@@H](C(C)(C)C)C5)CC2)c1. The molecule has 192 valence electrons. The lowest BCUT2D eigenvalue weighted by molar-refractivity contribution is -0.131. The molecule has 1 aliphatic carbocycles. The van der Waals surface area contributed by atoms with Crippen LogP contribution in [0.15, 0.2) is 23.0 Å². The summed E-state index contributed by atoms with van der Waals surface area (Å²) < 4.78 is 0. The van der Waals surface area contributed by atoms with E-state index in [0.717, 1.165) is 55.7 Å². The van der Waals surface area contributed by atoms with Gasteiger partial charge in [-0.25, -0.2) is 4.98 Å². The van der Waals surface area contributed by atoms with E-state index in [4.69, 9.17) is 4.98 Å². The molecule has 1 atom stereocenters. The van der Waals surface area contributed by atoms with Crippen LogP contribution in [0.3, 0.4) is 0 Å². The van der Waals surface area contributed by atoms with Crippen LogP contribution in [0, 0.1) is 25.2 Å². The van der Waals surface area contributed by atoms with E-state index in [0.29, 0.717) is 24.6 Å². The zero-order chi connectivity index (χ0) is 25.6. The normalized spacial score (nSPS) is 18.5. The van der Waals surface area contributed by atoms with Crippen LogP contribution in [0.25, 0.3) is 10.2 Å². The second kappa shape index (κ2) is 9.66. The highest BCUT2D eigenvalue weighted by atomic mass is 32.1. The first-order chi connectivity index (χ1) is 17.1. The summed E-state index contributed by atoms with van der Waals surface area (Å²) in [5.41, 5.74) is 5.22. The molecule has 1 aliphatic heterocycles. The van der Waals surface area contributed by atoms with Crippen LogP contribution in [0.5, 0.6) is 0 Å². The minimum atomic E-state index is -0.0451. The molecule has 5 rings (SSSR count). The van der Waals surface area contributed by atoms with Gasteiger partial charge in [0, 0.05) is 49.6 Å². The fourth-order valence-electron chi connectivity index (χ4n) is 5.73. The molecule has 1 fully saturated rings. The number of nitrogens with one attached hydrogen (secondary N) is 1. The Morgan fingerprint density at radius 2 is 1.92 bits per heavy atom. The predicted octanol–water partition coefficient (Wildman–Crippen LogP) is 5.03. The number of amides is 1. The molecule has 6 nitrogen and oxygen atoms in total. The van der Waals surface area contributed by atoms with Crippen LogP contribution >= 0.6 is 11.3 Å². The van der Waals surface area contributed by atoms with Crippen LogP contribution in [-0.2, 0) is 24.1 Å². The van der Waals surface area contributed by atoms with Crippen molar-refractivity contribution in [3.63, 3.8) is 0 Å². The van der Waals surface area contributed by atoms with Gasteiger partial charge in [-0.15, -0.1) is 11.3 Å².